The molecular weight excluding hydrogens is 464 g/mol. The first-order chi connectivity index (χ1) is 18.7. The van der Waals surface area contributed by atoms with E-state index in [4.69, 9.17) is 0 Å². The van der Waals surface area contributed by atoms with E-state index in [0.717, 1.165) is 37.1 Å². The van der Waals surface area contributed by atoms with E-state index in [-0.39, 0.29) is 11.9 Å². The minimum absolute atomic E-state index is 0.0600. The molecule has 0 bridgehead atoms. The highest BCUT2D eigenvalue weighted by Gasteiger charge is 2.40. The maximum Gasteiger partial charge on any atom is 0.237 e. The van der Waals surface area contributed by atoms with E-state index in [9.17, 15) is 4.79 Å². The largest absolute Gasteiger partial charge is 0.352 e. The van der Waals surface area contributed by atoms with Gasteiger partial charge in [-0.15, -0.1) is 0 Å². The van der Waals surface area contributed by atoms with Crippen LogP contribution in [-0.2, 0) is 4.79 Å². The molecular formula is C35H68N2O. The Morgan fingerprint density at radius 1 is 0.737 bits per heavy atom. The first kappa shape index (κ1) is 33.6. The van der Waals surface area contributed by atoms with Crippen molar-refractivity contribution in [1.82, 2.24) is 10.6 Å². The zero-order valence-electron chi connectivity index (χ0n) is 26.2. The average Bonchev–Trinajstić information content (AvgIpc) is 3.46. The molecule has 2 aliphatic rings. The summed E-state index contributed by atoms with van der Waals surface area (Å²) in [4.78, 5) is 12.8. The number of carbonyl (C=O) groups is 1. The van der Waals surface area contributed by atoms with Gasteiger partial charge < -0.3 is 10.6 Å². The van der Waals surface area contributed by atoms with Crippen molar-refractivity contribution < 1.29 is 4.79 Å². The van der Waals surface area contributed by atoms with Crippen LogP contribution in [0.3, 0.4) is 0 Å². The summed E-state index contributed by atoms with van der Waals surface area (Å²) in [6.07, 6.45) is 33.9. The van der Waals surface area contributed by atoms with Crippen molar-refractivity contribution in [2.75, 3.05) is 6.54 Å². The number of rotatable bonds is 26. The van der Waals surface area contributed by atoms with Gasteiger partial charge in [-0.2, -0.15) is 0 Å². The molecule has 5 unspecified atom stereocenters. The van der Waals surface area contributed by atoms with Crippen LogP contribution in [0.25, 0.3) is 0 Å². The number of unbranched alkanes of at least 4 members (excludes halogenated alkanes) is 14. The summed E-state index contributed by atoms with van der Waals surface area (Å²) in [5, 5.41) is 6.83. The summed E-state index contributed by atoms with van der Waals surface area (Å²) < 4.78 is 0. The zero-order chi connectivity index (χ0) is 27.3. The van der Waals surface area contributed by atoms with Crippen LogP contribution in [-0.4, -0.2) is 24.5 Å². The molecule has 0 aromatic carbocycles. The third kappa shape index (κ3) is 15.3. The Kier molecular flexibility index (Phi) is 19.6. The standard InChI is InChI=1S/C35H68N2O/c1-4-7-9-11-13-15-20-25-32(37-35(38)34-27-22-28-36-34)26-21-17-16-18-23-30(6-3)33-29-31(33)24-19-14-12-10-8-5-2/h30-34,36H,4-29H2,1-3H3,(H,37,38). The van der Waals surface area contributed by atoms with Crippen molar-refractivity contribution in [2.45, 2.75) is 193 Å². The van der Waals surface area contributed by atoms with Crippen LogP contribution in [0.5, 0.6) is 0 Å². The van der Waals surface area contributed by atoms with E-state index in [2.05, 4.69) is 31.4 Å². The zero-order valence-corrected chi connectivity index (χ0v) is 26.2. The molecule has 0 aromatic heterocycles. The number of carbonyl (C=O) groups excluding carboxylic acids is 1. The van der Waals surface area contributed by atoms with Crippen LogP contribution in [0.15, 0.2) is 0 Å². The Labute approximate surface area is 238 Å². The van der Waals surface area contributed by atoms with E-state index in [1.54, 1.807) is 0 Å². The minimum atomic E-state index is 0.0600. The Hall–Kier alpha value is -0.570. The number of nitrogens with one attached hydrogen (secondary N) is 2. The van der Waals surface area contributed by atoms with Crippen LogP contribution in [0.4, 0.5) is 0 Å². The molecule has 0 spiro atoms. The van der Waals surface area contributed by atoms with E-state index >= 15 is 0 Å². The molecule has 2 N–H and O–H groups in total. The highest BCUT2D eigenvalue weighted by Crippen LogP contribution is 2.50. The van der Waals surface area contributed by atoms with Gasteiger partial charge in [0.05, 0.1) is 6.04 Å². The highest BCUT2D eigenvalue weighted by molar-refractivity contribution is 5.82. The molecule has 1 saturated heterocycles. The lowest BCUT2D eigenvalue weighted by atomic mass is 9.91. The lowest BCUT2D eigenvalue weighted by Gasteiger charge is -2.21. The highest BCUT2D eigenvalue weighted by atomic mass is 16.2. The second-order valence-electron chi connectivity index (χ2n) is 13.1. The number of hydrogen-bond donors (Lipinski definition) is 2. The van der Waals surface area contributed by atoms with Gasteiger partial charge in [-0.25, -0.2) is 0 Å². The van der Waals surface area contributed by atoms with Gasteiger partial charge >= 0.3 is 0 Å². The third-order valence-electron chi connectivity index (χ3n) is 9.79. The van der Waals surface area contributed by atoms with E-state index < -0.39 is 0 Å². The average molecular weight is 533 g/mol. The maximum absolute atomic E-state index is 12.8. The summed E-state index contributed by atoms with van der Waals surface area (Å²) in [5.74, 6) is 3.38. The Balaban J connectivity index is 1.56. The molecule has 224 valence electrons. The molecule has 1 aliphatic heterocycles. The van der Waals surface area contributed by atoms with Crippen LogP contribution in [0.2, 0.25) is 0 Å². The summed E-state index contributed by atoms with van der Waals surface area (Å²) in [7, 11) is 0. The lowest BCUT2D eigenvalue weighted by molar-refractivity contribution is -0.123. The monoisotopic (exact) mass is 533 g/mol. The fourth-order valence-electron chi connectivity index (χ4n) is 7.09. The van der Waals surface area contributed by atoms with Gasteiger partial charge in [0, 0.05) is 6.04 Å². The van der Waals surface area contributed by atoms with Gasteiger partial charge in [0.25, 0.3) is 0 Å². The summed E-state index contributed by atoms with van der Waals surface area (Å²) >= 11 is 0. The molecule has 1 saturated carbocycles. The van der Waals surface area contributed by atoms with Gasteiger partial charge in [-0.3, -0.25) is 4.79 Å². The van der Waals surface area contributed by atoms with Crippen LogP contribution < -0.4 is 10.6 Å². The van der Waals surface area contributed by atoms with E-state index in [1.807, 2.05) is 0 Å². The van der Waals surface area contributed by atoms with Gasteiger partial charge in [-0.1, -0.05) is 149 Å². The Morgan fingerprint density at radius 3 is 1.84 bits per heavy atom. The third-order valence-corrected chi connectivity index (χ3v) is 9.79. The van der Waals surface area contributed by atoms with Crippen LogP contribution >= 0.6 is 0 Å². The lowest BCUT2D eigenvalue weighted by Crippen LogP contribution is -2.45. The molecule has 2 fully saturated rings. The predicted molar refractivity (Wildman–Crippen MR) is 167 cm³/mol. The fraction of sp³-hybridized carbons (Fsp3) is 0.971. The molecule has 0 aromatic rings. The smallest absolute Gasteiger partial charge is 0.237 e. The quantitative estimate of drug-likeness (QED) is 0.109. The molecule has 1 aliphatic carbocycles. The SMILES string of the molecule is CCCCCCCCCC(CCCCCCC(CC)C1CC1CCCCCCCC)NC(=O)C1CCCN1. The maximum atomic E-state index is 12.8. The summed E-state index contributed by atoms with van der Waals surface area (Å²) in [6.45, 7) is 8.03. The number of amides is 1. The fourth-order valence-corrected chi connectivity index (χ4v) is 7.09. The molecule has 1 heterocycles. The Bertz CT molecular complexity index is 558. The predicted octanol–water partition coefficient (Wildman–Crippen LogP) is 10.1. The molecule has 3 nitrogen and oxygen atoms in total. The molecule has 2 rings (SSSR count). The molecule has 1 amide bonds. The van der Waals surface area contributed by atoms with Crippen molar-refractivity contribution in [1.29, 1.82) is 0 Å². The molecule has 0 radical (unpaired) electrons. The first-order valence-corrected chi connectivity index (χ1v) is 17.7. The summed E-state index contributed by atoms with van der Waals surface area (Å²) in [5.41, 5.74) is 0. The van der Waals surface area contributed by atoms with Gasteiger partial charge in [0.15, 0.2) is 0 Å². The van der Waals surface area contributed by atoms with E-state index in [0.29, 0.717) is 6.04 Å². The van der Waals surface area contributed by atoms with Crippen molar-refractivity contribution in [3.63, 3.8) is 0 Å². The van der Waals surface area contributed by atoms with Crippen LogP contribution in [0, 0.1) is 17.8 Å². The van der Waals surface area contributed by atoms with Gasteiger partial charge in [0.1, 0.15) is 0 Å². The molecule has 38 heavy (non-hydrogen) atoms. The van der Waals surface area contributed by atoms with E-state index in [1.165, 1.54) is 148 Å². The van der Waals surface area contributed by atoms with Crippen molar-refractivity contribution >= 4 is 5.91 Å². The second-order valence-corrected chi connectivity index (χ2v) is 13.1. The summed E-state index contributed by atoms with van der Waals surface area (Å²) in [6, 6.07) is 0.447. The van der Waals surface area contributed by atoms with Crippen molar-refractivity contribution in [3.05, 3.63) is 0 Å². The van der Waals surface area contributed by atoms with Gasteiger partial charge in [0.2, 0.25) is 5.91 Å². The first-order valence-electron chi connectivity index (χ1n) is 17.7. The Morgan fingerprint density at radius 2 is 1.29 bits per heavy atom. The van der Waals surface area contributed by atoms with Gasteiger partial charge in [-0.05, 0) is 56.4 Å². The van der Waals surface area contributed by atoms with Crippen molar-refractivity contribution in [2.24, 2.45) is 17.8 Å². The molecule has 3 heteroatoms. The van der Waals surface area contributed by atoms with Crippen molar-refractivity contribution in [3.8, 4) is 0 Å². The topological polar surface area (TPSA) is 41.1 Å². The second kappa shape index (κ2) is 22.2. The number of hydrogen-bond acceptors (Lipinski definition) is 2. The normalized spacial score (nSPS) is 22.4. The van der Waals surface area contributed by atoms with Crippen LogP contribution in [0.1, 0.15) is 181 Å². The minimum Gasteiger partial charge on any atom is -0.352 e. The molecule has 5 atom stereocenters.